The van der Waals surface area contributed by atoms with Gasteiger partial charge in [-0.05, 0) is 35.9 Å². The molecule has 2 aromatic carbocycles. The van der Waals surface area contributed by atoms with Crippen LogP contribution in [0.2, 0.25) is 0 Å². The minimum absolute atomic E-state index is 0.313. The summed E-state index contributed by atoms with van der Waals surface area (Å²) in [5.41, 5.74) is 1.13. The van der Waals surface area contributed by atoms with Crippen molar-refractivity contribution in [3.8, 4) is 5.75 Å². The molecule has 2 nitrogen and oxygen atoms in total. The highest BCUT2D eigenvalue weighted by Crippen LogP contribution is 2.23. The van der Waals surface area contributed by atoms with Crippen molar-refractivity contribution >= 4 is 26.2 Å². The summed E-state index contributed by atoms with van der Waals surface area (Å²) < 4.78 is 19.7. The Bertz CT molecular complexity index is 636. The fourth-order valence-electron chi connectivity index (χ4n) is 1.81. The first-order valence-electron chi connectivity index (χ1n) is 6.37. The number of ether oxygens (including phenoxy) is 1. The van der Waals surface area contributed by atoms with Gasteiger partial charge in [-0.25, -0.2) is 4.39 Å². The average molecular weight is 349 g/mol. The molecule has 0 amide bonds. The van der Waals surface area contributed by atoms with Gasteiger partial charge in [0.1, 0.15) is 5.75 Å². The molecule has 0 aliphatic rings. The number of rotatable bonds is 5. The molecule has 0 aliphatic carbocycles. The first-order valence-corrected chi connectivity index (χ1v) is 7.16. The van der Waals surface area contributed by atoms with Gasteiger partial charge in [-0.2, -0.15) is 0 Å². The van der Waals surface area contributed by atoms with Crippen LogP contribution in [0.15, 0.2) is 60.7 Å². The van der Waals surface area contributed by atoms with E-state index in [2.05, 4.69) is 15.9 Å². The smallest absolute Gasteiger partial charge is 0.200 e. The number of methoxy groups -OCH3 is 1. The molecule has 4 heteroatoms. The molecule has 2 aromatic rings. The number of ketones is 1. The molecule has 21 heavy (non-hydrogen) atoms. The molecule has 0 aliphatic heterocycles. The molecule has 0 fully saturated rings. The van der Waals surface area contributed by atoms with Crippen LogP contribution in [0.3, 0.4) is 0 Å². The van der Waals surface area contributed by atoms with Gasteiger partial charge in [0.15, 0.2) is 6.17 Å². The molecule has 1 unspecified atom stereocenters. The van der Waals surface area contributed by atoms with E-state index in [0.717, 1.165) is 5.56 Å². The van der Waals surface area contributed by atoms with Crippen LogP contribution in [-0.4, -0.2) is 19.1 Å². The number of Topliss-reactive ketones (excluding diaryl/α,β-unsaturated/α-hetero) is 1. The molecule has 0 saturated carbocycles. The number of alkyl halides is 1. The summed E-state index contributed by atoms with van der Waals surface area (Å²) in [4.78, 5) is 12.0. The number of benzene rings is 2. The summed E-state index contributed by atoms with van der Waals surface area (Å²) in [6.07, 6.45) is -0.435. The highest BCUT2D eigenvalue weighted by Gasteiger charge is 2.17. The van der Waals surface area contributed by atoms with Crippen molar-refractivity contribution in [2.45, 2.75) is 6.17 Å². The maximum atomic E-state index is 14.1. The molecular weight excluding hydrogens is 335 g/mol. The molecular formula is C17H14BrFO2. The second-order valence-electron chi connectivity index (χ2n) is 4.38. The normalized spacial score (nSPS) is 12.8. The Hall–Kier alpha value is -1.94. The third-order valence-electron chi connectivity index (χ3n) is 2.97. The fraction of sp³-hybridized carbons (Fsp3) is 0.118. The molecule has 0 heterocycles. The number of carbonyl (C=O) groups excluding carboxylic acids is 1. The van der Waals surface area contributed by atoms with Gasteiger partial charge in [-0.1, -0.05) is 46.3 Å². The van der Waals surface area contributed by atoms with Crippen molar-refractivity contribution in [3.63, 3.8) is 0 Å². The van der Waals surface area contributed by atoms with E-state index < -0.39 is 12.0 Å². The Labute approximate surface area is 131 Å². The Morgan fingerprint density at radius 3 is 2.29 bits per heavy atom. The lowest BCUT2D eigenvalue weighted by atomic mass is 10.1. The van der Waals surface area contributed by atoms with Crippen LogP contribution < -0.4 is 4.74 Å². The molecule has 108 valence electrons. The summed E-state index contributed by atoms with van der Waals surface area (Å²) in [7, 11) is 1.54. The zero-order valence-electron chi connectivity index (χ0n) is 11.4. The Balaban J connectivity index is 2.15. The van der Waals surface area contributed by atoms with Crippen molar-refractivity contribution in [1.82, 2.24) is 0 Å². The number of allylic oxidation sites excluding steroid dienone is 1. The maximum absolute atomic E-state index is 14.1. The standard InChI is InChI=1S/C17H14BrFO2/c1-21-14-9-7-13(8-10-14)17(20)16(19)11-15(18)12-5-3-2-4-6-12/h2-11,16H,1H3. The number of carbonyl (C=O) groups is 1. The minimum Gasteiger partial charge on any atom is -0.497 e. The van der Waals surface area contributed by atoms with Crippen LogP contribution in [-0.2, 0) is 0 Å². The van der Waals surface area contributed by atoms with Gasteiger partial charge in [0.05, 0.1) is 7.11 Å². The predicted molar refractivity (Wildman–Crippen MR) is 85.6 cm³/mol. The quantitative estimate of drug-likeness (QED) is 0.735. The first-order chi connectivity index (χ1) is 10.1. The van der Waals surface area contributed by atoms with Crippen LogP contribution in [0, 0.1) is 0 Å². The van der Waals surface area contributed by atoms with Gasteiger partial charge in [0.25, 0.3) is 0 Å². The predicted octanol–water partition coefficient (Wildman–Crippen LogP) is 4.65. The lowest BCUT2D eigenvalue weighted by Crippen LogP contribution is -2.13. The van der Waals surface area contributed by atoms with Gasteiger partial charge < -0.3 is 4.74 Å². The average Bonchev–Trinajstić information content (AvgIpc) is 2.55. The summed E-state index contributed by atoms with van der Waals surface area (Å²) in [5, 5.41) is 0. The van der Waals surface area contributed by atoms with Crippen LogP contribution in [0.4, 0.5) is 4.39 Å². The van der Waals surface area contributed by atoms with Gasteiger partial charge in [-0.15, -0.1) is 0 Å². The summed E-state index contributed by atoms with van der Waals surface area (Å²) in [5.74, 6) is 0.0495. The number of halogens is 2. The van der Waals surface area contributed by atoms with Crippen LogP contribution >= 0.6 is 15.9 Å². The van der Waals surface area contributed by atoms with Crippen LogP contribution in [0.25, 0.3) is 4.48 Å². The van der Waals surface area contributed by atoms with Crippen molar-refractivity contribution in [2.75, 3.05) is 7.11 Å². The second kappa shape index (κ2) is 7.18. The van der Waals surface area contributed by atoms with Gasteiger partial charge >= 0.3 is 0 Å². The van der Waals surface area contributed by atoms with E-state index in [0.29, 0.717) is 15.8 Å². The van der Waals surface area contributed by atoms with E-state index in [4.69, 9.17) is 4.74 Å². The maximum Gasteiger partial charge on any atom is 0.200 e. The van der Waals surface area contributed by atoms with Crippen molar-refractivity contribution in [3.05, 3.63) is 71.8 Å². The zero-order chi connectivity index (χ0) is 15.2. The minimum atomic E-state index is -1.70. The zero-order valence-corrected chi connectivity index (χ0v) is 13.0. The highest BCUT2D eigenvalue weighted by molar-refractivity contribution is 9.15. The summed E-state index contributed by atoms with van der Waals surface area (Å²) in [6.45, 7) is 0. The van der Waals surface area contributed by atoms with E-state index in [1.165, 1.54) is 13.2 Å². The van der Waals surface area contributed by atoms with E-state index in [9.17, 15) is 9.18 Å². The molecule has 1 atom stereocenters. The molecule has 0 saturated heterocycles. The van der Waals surface area contributed by atoms with Crippen molar-refractivity contribution in [2.24, 2.45) is 0 Å². The van der Waals surface area contributed by atoms with Crippen molar-refractivity contribution < 1.29 is 13.9 Å². The van der Waals surface area contributed by atoms with Gasteiger partial charge in [-0.3, -0.25) is 4.79 Å². The number of hydrogen-bond donors (Lipinski definition) is 0. The largest absolute Gasteiger partial charge is 0.497 e. The van der Waals surface area contributed by atoms with Gasteiger partial charge in [0.2, 0.25) is 5.78 Å². The first kappa shape index (κ1) is 15.4. The lowest BCUT2D eigenvalue weighted by Gasteiger charge is -2.06. The fourth-order valence-corrected chi connectivity index (χ4v) is 2.31. The molecule has 0 radical (unpaired) electrons. The number of hydrogen-bond acceptors (Lipinski definition) is 2. The molecule has 0 N–H and O–H groups in total. The van der Waals surface area contributed by atoms with E-state index in [-0.39, 0.29) is 0 Å². The molecule has 0 spiro atoms. The Morgan fingerprint density at radius 1 is 1.10 bits per heavy atom. The third kappa shape index (κ3) is 4.02. The van der Waals surface area contributed by atoms with E-state index in [1.54, 1.807) is 24.3 Å². The Kier molecular flexibility index (Phi) is 5.28. The monoisotopic (exact) mass is 348 g/mol. The summed E-state index contributed by atoms with van der Waals surface area (Å²) >= 11 is 3.30. The SMILES string of the molecule is COc1ccc(C(=O)C(F)C=C(Br)c2ccccc2)cc1. The molecule has 0 bridgehead atoms. The second-order valence-corrected chi connectivity index (χ2v) is 5.23. The van der Waals surface area contributed by atoms with E-state index >= 15 is 0 Å². The Morgan fingerprint density at radius 2 is 1.71 bits per heavy atom. The van der Waals surface area contributed by atoms with Crippen LogP contribution in [0.1, 0.15) is 15.9 Å². The topological polar surface area (TPSA) is 26.3 Å². The lowest BCUT2D eigenvalue weighted by molar-refractivity contribution is 0.0914. The molecule has 0 aromatic heterocycles. The third-order valence-corrected chi connectivity index (χ3v) is 3.69. The van der Waals surface area contributed by atoms with Crippen molar-refractivity contribution in [1.29, 1.82) is 0 Å². The summed E-state index contributed by atoms with van der Waals surface area (Å²) in [6, 6.07) is 15.6. The molecule has 2 rings (SSSR count). The van der Waals surface area contributed by atoms with Crippen LogP contribution in [0.5, 0.6) is 5.75 Å². The van der Waals surface area contributed by atoms with E-state index in [1.807, 2.05) is 30.3 Å². The highest BCUT2D eigenvalue weighted by atomic mass is 79.9. The van der Waals surface area contributed by atoms with Gasteiger partial charge in [0, 0.05) is 10.0 Å².